The van der Waals surface area contributed by atoms with Crippen LogP contribution in [0.2, 0.25) is 10.0 Å². The minimum Gasteiger partial charge on any atom is -0.464 e. The van der Waals surface area contributed by atoms with Crippen LogP contribution in [-0.2, 0) is 16.0 Å². The summed E-state index contributed by atoms with van der Waals surface area (Å²) in [7, 11) is 0. The summed E-state index contributed by atoms with van der Waals surface area (Å²) in [4.78, 5) is 23.1. The Morgan fingerprint density at radius 1 is 1.11 bits per heavy atom. The molecular weight excluding hydrogens is 419 g/mol. The van der Waals surface area contributed by atoms with Gasteiger partial charge in [-0.3, -0.25) is 4.79 Å². The summed E-state index contributed by atoms with van der Waals surface area (Å²) in [6.45, 7) is 4.03. The fourth-order valence-corrected chi connectivity index (χ4v) is 3.68. The molecule has 0 saturated heterocycles. The molecule has 0 atom stereocenters. The van der Waals surface area contributed by atoms with Gasteiger partial charge in [0.1, 0.15) is 6.61 Å². The molecule has 1 N–H and O–H groups in total. The number of carbonyl (C=O) groups is 1. The zero-order chi connectivity index (χ0) is 20.6. The molecule has 0 spiro atoms. The number of nitrogens with one attached hydrogen (secondary N) is 1. The highest BCUT2D eigenvalue weighted by atomic mass is 35.5. The third-order valence-corrected chi connectivity index (χ3v) is 6.38. The SMILES string of the molecule is CCC(CC)(COC(=O)Cc1ccccc1Nc1c(Cl)cccc1Cl)SN=O. The maximum absolute atomic E-state index is 12.4. The molecule has 8 heteroatoms. The largest absolute Gasteiger partial charge is 0.464 e. The van der Waals surface area contributed by atoms with E-state index in [0.29, 0.717) is 28.6 Å². The molecule has 0 aliphatic heterocycles. The van der Waals surface area contributed by atoms with E-state index >= 15 is 0 Å². The normalized spacial score (nSPS) is 11.1. The van der Waals surface area contributed by atoms with Gasteiger partial charge in [0, 0.05) is 22.2 Å². The summed E-state index contributed by atoms with van der Waals surface area (Å²) in [6.07, 6.45) is 1.43. The quantitative estimate of drug-likeness (QED) is 0.250. The number of ether oxygens (including phenoxy) is 1. The molecule has 28 heavy (non-hydrogen) atoms. The van der Waals surface area contributed by atoms with Crippen LogP contribution in [-0.4, -0.2) is 17.3 Å². The minimum absolute atomic E-state index is 0.0773. The van der Waals surface area contributed by atoms with Crippen LogP contribution in [0.1, 0.15) is 32.3 Å². The summed E-state index contributed by atoms with van der Waals surface area (Å²) in [5.74, 6) is -0.378. The molecule has 0 aliphatic rings. The molecule has 2 aromatic carbocycles. The van der Waals surface area contributed by atoms with E-state index < -0.39 is 4.75 Å². The maximum Gasteiger partial charge on any atom is 0.310 e. The van der Waals surface area contributed by atoms with E-state index in [4.69, 9.17) is 27.9 Å². The third-order valence-electron chi connectivity index (χ3n) is 4.59. The van der Waals surface area contributed by atoms with E-state index in [0.717, 1.165) is 23.2 Å². The number of anilines is 2. The summed E-state index contributed by atoms with van der Waals surface area (Å²) < 4.78 is 7.90. The highest BCUT2D eigenvalue weighted by Gasteiger charge is 2.30. The fourth-order valence-electron chi connectivity index (χ4n) is 2.66. The van der Waals surface area contributed by atoms with Gasteiger partial charge in [-0.2, -0.15) is 0 Å². The topological polar surface area (TPSA) is 67.8 Å². The van der Waals surface area contributed by atoms with Crippen molar-refractivity contribution in [2.24, 2.45) is 4.58 Å². The Hall–Kier alpha value is -1.76. The van der Waals surface area contributed by atoms with Crippen LogP contribution < -0.4 is 5.32 Å². The second kappa shape index (κ2) is 10.7. The van der Waals surface area contributed by atoms with Crippen molar-refractivity contribution in [1.29, 1.82) is 0 Å². The number of nitrogens with zero attached hydrogens (tertiary/aromatic N) is 1. The Morgan fingerprint density at radius 3 is 2.36 bits per heavy atom. The molecule has 2 rings (SSSR count). The average Bonchev–Trinajstić information content (AvgIpc) is 2.69. The number of nitroso groups, excluding NO2 is 1. The molecular formula is C20H22Cl2N2O3S. The smallest absolute Gasteiger partial charge is 0.310 e. The Morgan fingerprint density at radius 2 is 1.75 bits per heavy atom. The Labute approximate surface area is 179 Å². The second-order valence-corrected chi connectivity index (χ2v) is 8.28. The number of halogens is 2. The molecule has 0 fully saturated rings. The van der Waals surface area contributed by atoms with Crippen LogP contribution in [0.3, 0.4) is 0 Å². The van der Waals surface area contributed by atoms with Gasteiger partial charge >= 0.3 is 5.97 Å². The number of hydrogen-bond donors (Lipinski definition) is 1. The molecule has 0 aliphatic carbocycles. The highest BCUT2D eigenvalue weighted by molar-refractivity contribution is 7.99. The lowest BCUT2D eigenvalue weighted by Gasteiger charge is -2.26. The van der Waals surface area contributed by atoms with E-state index in [9.17, 15) is 9.70 Å². The lowest BCUT2D eigenvalue weighted by Crippen LogP contribution is -2.30. The molecule has 2 aromatic rings. The van der Waals surface area contributed by atoms with E-state index in [1.807, 2.05) is 38.1 Å². The van der Waals surface area contributed by atoms with Gasteiger partial charge in [0.2, 0.25) is 0 Å². The predicted octanol–water partition coefficient (Wildman–Crippen LogP) is 6.80. The lowest BCUT2D eigenvalue weighted by atomic mass is 10.0. The zero-order valence-electron chi connectivity index (χ0n) is 15.7. The molecule has 0 unspecified atom stereocenters. The van der Waals surface area contributed by atoms with Gasteiger partial charge in [0.15, 0.2) is 0 Å². The van der Waals surface area contributed by atoms with Crippen LogP contribution in [0, 0.1) is 4.91 Å². The van der Waals surface area contributed by atoms with Crippen molar-refractivity contribution in [1.82, 2.24) is 0 Å². The molecule has 0 heterocycles. The van der Waals surface area contributed by atoms with Crippen LogP contribution in [0.4, 0.5) is 11.4 Å². The number of para-hydroxylation sites is 2. The summed E-state index contributed by atoms with van der Waals surface area (Å²) in [6, 6.07) is 12.6. The van der Waals surface area contributed by atoms with E-state index in [1.54, 1.807) is 18.2 Å². The zero-order valence-corrected chi connectivity index (χ0v) is 18.0. The second-order valence-electron chi connectivity index (χ2n) is 6.27. The Balaban J connectivity index is 2.10. The number of rotatable bonds is 10. The number of benzene rings is 2. The van der Waals surface area contributed by atoms with Crippen LogP contribution in [0.25, 0.3) is 0 Å². The summed E-state index contributed by atoms with van der Waals surface area (Å²) in [5.41, 5.74) is 2.05. The first-order valence-electron chi connectivity index (χ1n) is 8.90. The number of carbonyl (C=O) groups excluding carboxylic acids is 1. The standard InChI is InChI=1S/C20H22Cl2N2O3S/c1-3-20(4-2,28-24-26)13-27-18(25)12-14-8-5-6-11-17(14)23-19-15(21)9-7-10-16(19)22/h5-11,23H,3-4,12-13H2,1-2H3. The van der Waals surface area contributed by atoms with Gasteiger partial charge in [-0.1, -0.05) is 61.3 Å². The van der Waals surface area contributed by atoms with E-state index in [-0.39, 0.29) is 19.0 Å². The molecule has 0 saturated carbocycles. The molecule has 0 bridgehead atoms. The van der Waals surface area contributed by atoms with Crippen LogP contribution >= 0.6 is 35.1 Å². The first kappa shape index (κ1) is 22.5. The van der Waals surface area contributed by atoms with Gasteiger partial charge in [0.05, 0.1) is 26.9 Å². The van der Waals surface area contributed by atoms with Crippen LogP contribution in [0.5, 0.6) is 0 Å². The summed E-state index contributed by atoms with van der Waals surface area (Å²) >= 11 is 13.4. The van der Waals surface area contributed by atoms with E-state index in [2.05, 4.69) is 9.90 Å². The third kappa shape index (κ3) is 5.87. The maximum atomic E-state index is 12.4. The van der Waals surface area contributed by atoms with Gasteiger partial charge in [0.25, 0.3) is 0 Å². The lowest BCUT2D eigenvalue weighted by molar-refractivity contribution is -0.143. The first-order valence-corrected chi connectivity index (χ1v) is 10.4. The highest BCUT2D eigenvalue weighted by Crippen LogP contribution is 2.35. The van der Waals surface area contributed by atoms with Gasteiger partial charge in [-0.15, -0.1) is 4.91 Å². The Bertz CT molecular complexity index is 809. The van der Waals surface area contributed by atoms with Crippen molar-refractivity contribution in [3.05, 3.63) is 63.0 Å². The molecule has 150 valence electrons. The van der Waals surface area contributed by atoms with Crippen molar-refractivity contribution < 1.29 is 9.53 Å². The van der Waals surface area contributed by atoms with Gasteiger partial charge < -0.3 is 10.1 Å². The minimum atomic E-state index is -0.486. The van der Waals surface area contributed by atoms with Crippen molar-refractivity contribution in [2.45, 2.75) is 37.9 Å². The van der Waals surface area contributed by atoms with Crippen molar-refractivity contribution >= 4 is 52.5 Å². The van der Waals surface area contributed by atoms with Gasteiger partial charge in [-0.25, -0.2) is 0 Å². The molecule has 0 aromatic heterocycles. The Kier molecular flexibility index (Phi) is 8.60. The molecule has 0 amide bonds. The van der Waals surface area contributed by atoms with Crippen molar-refractivity contribution in [2.75, 3.05) is 11.9 Å². The summed E-state index contributed by atoms with van der Waals surface area (Å²) in [5, 5.41) is 4.17. The van der Waals surface area contributed by atoms with Crippen LogP contribution in [0.15, 0.2) is 47.0 Å². The predicted molar refractivity (Wildman–Crippen MR) is 118 cm³/mol. The van der Waals surface area contributed by atoms with Gasteiger partial charge in [-0.05, 0) is 36.6 Å². The molecule has 0 radical (unpaired) electrons. The fraction of sp³-hybridized carbons (Fsp3) is 0.350. The first-order chi connectivity index (χ1) is 13.4. The number of esters is 1. The van der Waals surface area contributed by atoms with Crippen molar-refractivity contribution in [3.63, 3.8) is 0 Å². The number of hydrogen-bond acceptors (Lipinski definition) is 6. The van der Waals surface area contributed by atoms with Crippen molar-refractivity contribution in [3.8, 4) is 0 Å². The van der Waals surface area contributed by atoms with E-state index in [1.165, 1.54) is 0 Å². The average molecular weight is 441 g/mol. The molecule has 5 nitrogen and oxygen atoms in total. The monoisotopic (exact) mass is 440 g/mol.